The lowest BCUT2D eigenvalue weighted by molar-refractivity contribution is -0.0868. The number of thiophene rings is 1. The van der Waals surface area contributed by atoms with Gasteiger partial charge in [0.2, 0.25) is 0 Å². The number of halogens is 7. The molecule has 1 heterocycles. The Morgan fingerprint density at radius 3 is 2.04 bits per heavy atom. The summed E-state index contributed by atoms with van der Waals surface area (Å²) in [6, 6.07) is 7.18. The highest BCUT2D eigenvalue weighted by Gasteiger charge is 2.49. The molecule has 0 radical (unpaired) electrons. The first-order chi connectivity index (χ1) is 11.5. The van der Waals surface area contributed by atoms with Crippen LogP contribution in [0.25, 0.3) is 10.1 Å². The van der Waals surface area contributed by atoms with Gasteiger partial charge in [-0.25, -0.2) is 0 Å². The van der Waals surface area contributed by atoms with Crippen molar-refractivity contribution in [3.8, 4) is 0 Å². The first-order valence-corrected chi connectivity index (χ1v) is 9.20. The number of rotatable bonds is 1. The second-order valence-electron chi connectivity index (χ2n) is 6.17. The average molecular weight is 386 g/mol. The molecule has 0 saturated heterocycles. The van der Waals surface area contributed by atoms with Gasteiger partial charge < -0.3 is 17.3 Å². The maximum atomic E-state index is 13.5. The Labute approximate surface area is 144 Å². The second kappa shape index (κ2) is 7.56. The quantitative estimate of drug-likeness (QED) is 0.267. The van der Waals surface area contributed by atoms with Crippen molar-refractivity contribution in [1.82, 2.24) is 0 Å². The van der Waals surface area contributed by atoms with Crippen LogP contribution in [0.1, 0.15) is 48.5 Å². The van der Waals surface area contributed by atoms with E-state index >= 15 is 0 Å². The Kier molecular flexibility index (Phi) is 6.07. The minimum atomic E-state index is -6.00. The predicted octanol–water partition coefficient (Wildman–Crippen LogP) is 7.72. The van der Waals surface area contributed by atoms with Gasteiger partial charge in [-0.1, -0.05) is 30.9 Å². The molecule has 0 amide bonds. The fraction of sp³-hybridized carbons (Fsp3) is 0.500. The monoisotopic (exact) mass is 386 g/mol. The zero-order chi connectivity index (χ0) is 18.8. The number of benzene rings is 1. The van der Waals surface area contributed by atoms with Gasteiger partial charge in [0.1, 0.15) is 0 Å². The molecule has 2 aromatic rings. The maximum absolute atomic E-state index is 13.5. The summed E-state index contributed by atoms with van der Waals surface area (Å²) in [6.07, 6.45) is 5.12. The number of alkyl halides is 3. The molecule has 0 nitrogen and oxygen atoms in total. The van der Waals surface area contributed by atoms with E-state index in [0.717, 1.165) is 43.1 Å². The van der Waals surface area contributed by atoms with Crippen molar-refractivity contribution < 1.29 is 30.4 Å². The zero-order valence-electron chi connectivity index (χ0n) is 13.6. The molecule has 140 valence electrons. The lowest BCUT2D eigenvalue weighted by Gasteiger charge is -2.18. The smallest absolute Gasteiger partial charge is 0.418 e. The molecule has 1 atom stereocenters. The standard InChI is InChI=1S/C16H18F3S.BF4/c1-11-7-8-14-13(9-11)10-15(20(14)16(17,18)19)12-5-3-2-4-6-12;2-1(3,4)5/h7-10,12H,2-6H2,1H3;/q+1;-1. The second-order valence-corrected chi connectivity index (χ2v) is 8.16. The van der Waals surface area contributed by atoms with E-state index in [1.54, 1.807) is 12.1 Å². The molecule has 1 aliphatic rings. The van der Waals surface area contributed by atoms with E-state index in [-0.39, 0.29) is 5.92 Å². The fourth-order valence-corrected chi connectivity index (χ4v) is 5.38. The number of hydrogen-bond donors (Lipinski definition) is 0. The number of fused-ring (bicyclic) bond motifs is 1. The molecule has 1 fully saturated rings. The van der Waals surface area contributed by atoms with Gasteiger partial charge in [0, 0.05) is 17.4 Å². The van der Waals surface area contributed by atoms with Crippen molar-refractivity contribution in [3.63, 3.8) is 0 Å². The summed E-state index contributed by atoms with van der Waals surface area (Å²) in [4.78, 5) is 0.637. The third-order valence-electron chi connectivity index (χ3n) is 4.16. The van der Waals surface area contributed by atoms with Crippen LogP contribution >= 0.6 is 10.5 Å². The van der Waals surface area contributed by atoms with Gasteiger partial charge in [0.05, 0.1) is 10.5 Å². The van der Waals surface area contributed by atoms with E-state index in [2.05, 4.69) is 0 Å². The van der Waals surface area contributed by atoms with Crippen LogP contribution in [0.15, 0.2) is 24.3 Å². The van der Waals surface area contributed by atoms with Gasteiger partial charge >= 0.3 is 12.8 Å². The Bertz CT molecular complexity index is 706. The van der Waals surface area contributed by atoms with Crippen LogP contribution in [0, 0.1) is 6.92 Å². The highest BCUT2D eigenvalue weighted by molar-refractivity contribution is 7.38. The molecule has 3 rings (SSSR count). The molecule has 0 spiro atoms. The largest absolute Gasteiger partial charge is 0.673 e. The van der Waals surface area contributed by atoms with Crippen molar-refractivity contribution >= 4 is 27.8 Å². The summed E-state index contributed by atoms with van der Waals surface area (Å²) >= 11 is 0. The molecular weight excluding hydrogens is 368 g/mol. The molecule has 9 heteroatoms. The summed E-state index contributed by atoms with van der Waals surface area (Å²) in [5.41, 5.74) is -3.13. The molecule has 1 aromatic heterocycles. The van der Waals surface area contributed by atoms with Crippen LogP contribution in [-0.2, 0) is 5.51 Å². The lowest BCUT2D eigenvalue weighted by Crippen LogP contribution is -2.06. The van der Waals surface area contributed by atoms with E-state index in [4.69, 9.17) is 0 Å². The van der Waals surface area contributed by atoms with Crippen LogP contribution in [0.5, 0.6) is 0 Å². The van der Waals surface area contributed by atoms with Crippen molar-refractivity contribution in [3.05, 3.63) is 34.7 Å². The molecule has 1 aromatic carbocycles. The average Bonchev–Trinajstić information content (AvgIpc) is 2.85. The van der Waals surface area contributed by atoms with Crippen LogP contribution in [0.3, 0.4) is 0 Å². The van der Waals surface area contributed by atoms with E-state index in [1.165, 1.54) is 0 Å². The Hall–Kier alpha value is -1.25. The van der Waals surface area contributed by atoms with Crippen molar-refractivity contribution in [2.24, 2.45) is 0 Å². The maximum Gasteiger partial charge on any atom is 0.673 e. The van der Waals surface area contributed by atoms with Crippen molar-refractivity contribution in [2.45, 2.75) is 50.5 Å². The van der Waals surface area contributed by atoms with Crippen molar-refractivity contribution in [2.75, 3.05) is 0 Å². The topological polar surface area (TPSA) is 0 Å². The SMILES string of the molecule is Cc1ccc2c(c1)cc(C1CCCCC1)[s+]2C(F)(F)F.F[B-](F)(F)F. The van der Waals surface area contributed by atoms with Crippen LogP contribution < -0.4 is 0 Å². The zero-order valence-corrected chi connectivity index (χ0v) is 14.4. The molecular formula is C16H18BF7S. The van der Waals surface area contributed by atoms with E-state index in [9.17, 15) is 30.4 Å². The Morgan fingerprint density at radius 1 is 0.960 bits per heavy atom. The predicted molar refractivity (Wildman–Crippen MR) is 88.5 cm³/mol. The Morgan fingerprint density at radius 2 is 1.52 bits per heavy atom. The first kappa shape index (κ1) is 20.1. The van der Waals surface area contributed by atoms with Crippen molar-refractivity contribution in [1.29, 1.82) is 0 Å². The minimum Gasteiger partial charge on any atom is -0.418 e. The molecule has 0 N–H and O–H groups in total. The summed E-state index contributed by atoms with van der Waals surface area (Å²) in [5, 5.41) is 0.784. The van der Waals surface area contributed by atoms with E-state index < -0.39 is 23.2 Å². The minimum absolute atomic E-state index is 0.126. The Balaban J connectivity index is 0.000000399. The molecule has 1 unspecified atom stereocenters. The number of hydrogen-bond acceptors (Lipinski definition) is 0. The van der Waals surface area contributed by atoms with Gasteiger partial charge in [0.15, 0.2) is 9.58 Å². The van der Waals surface area contributed by atoms with E-state index in [0.29, 0.717) is 9.58 Å². The molecule has 0 bridgehead atoms. The molecule has 1 aliphatic carbocycles. The van der Waals surface area contributed by atoms with Crippen LogP contribution in [0.4, 0.5) is 30.4 Å². The molecule has 25 heavy (non-hydrogen) atoms. The summed E-state index contributed by atoms with van der Waals surface area (Å²) in [7, 11) is -7.70. The number of aryl methyl sites for hydroxylation is 1. The van der Waals surface area contributed by atoms with Gasteiger partial charge in [-0.3, -0.25) is 0 Å². The van der Waals surface area contributed by atoms with E-state index in [1.807, 2.05) is 19.1 Å². The molecule has 1 saturated carbocycles. The third-order valence-corrected chi connectivity index (χ3v) is 6.35. The molecule has 0 aliphatic heterocycles. The first-order valence-electron chi connectivity index (χ1n) is 7.97. The summed E-state index contributed by atoms with van der Waals surface area (Å²) < 4.78 is 80.0. The normalized spacial score (nSPS) is 17.4. The van der Waals surface area contributed by atoms with Crippen LogP contribution in [0.2, 0.25) is 0 Å². The third kappa shape index (κ3) is 5.62. The highest BCUT2D eigenvalue weighted by Crippen LogP contribution is 2.55. The van der Waals surface area contributed by atoms with Gasteiger partial charge in [0.25, 0.3) is 0 Å². The summed E-state index contributed by atoms with van der Waals surface area (Å²) in [5.74, 6) is 0.126. The van der Waals surface area contributed by atoms with Crippen LogP contribution in [-0.4, -0.2) is 7.25 Å². The van der Waals surface area contributed by atoms with Gasteiger partial charge in [-0.2, -0.15) is 0 Å². The lowest BCUT2D eigenvalue weighted by atomic mass is 9.88. The fourth-order valence-electron chi connectivity index (χ4n) is 3.24. The summed E-state index contributed by atoms with van der Waals surface area (Å²) in [6.45, 7) is 1.93. The van der Waals surface area contributed by atoms with Gasteiger partial charge in [-0.05, 0) is 31.9 Å². The van der Waals surface area contributed by atoms with Gasteiger partial charge in [-0.15, -0.1) is 13.2 Å². The highest BCUT2D eigenvalue weighted by atomic mass is 32.2.